The SMILES string of the molecule is Cc1cc(Cl)ccc1OCCCc1nnc(SCC(=O)Nc2ccc(Br)cc2Cl)n1C. The van der Waals surface area contributed by atoms with Gasteiger partial charge in [-0.3, -0.25) is 4.79 Å². The van der Waals surface area contributed by atoms with Crippen molar-refractivity contribution in [3.8, 4) is 5.75 Å². The Balaban J connectivity index is 1.45. The van der Waals surface area contributed by atoms with Gasteiger partial charge in [-0.2, -0.15) is 0 Å². The molecule has 164 valence electrons. The molecule has 0 aliphatic rings. The maximum atomic E-state index is 12.3. The minimum absolute atomic E-state index is 0.162. The summed E-state index contributed by atoms with van der Waals surface area (Å²) in [7, 11) is 1.89. The van der Waals surface area contributed by atoms with Crippen LogP contribution in [-0.4, -0.2) is 33.0 Å². The Morgan fingerprint density at radius 3 is 2.77 bits per heavy atom. The van der Waals surface area contributed by atoms with Crippen molar-refractivity contribution in [3.05, 3.63) is 62.3 Å². The molecule has 1 N–H and O–H groups in total. The van der Waals surface area contributed by atoms with Crippen molar-refractivity contribution in [3.63, 3.8) is 0 Å². The Labute approximate surface area is 203 Å². The van der Waals surface area contributed by atoms with E-state index in [9.17, 15) is 4.79 Å². The summed E-state index contributed by atoms with van der Waals surface area (Å²) < 4.78 is 8.58. The molecular weight excluding hydrogens is 523 g/mol. The number of amides is 1. The highest BCUT2D eigenvalue weighted by Crippen LogP contribution is 2.26. The first-order valence-electron chi connectivity index (χ1n) is 9.48. The van der Waals surface area contributed by atoms with E-state index in [0.717, 1.165) is 34.5 Å². The lowest BCUT2D eigenvalue weighted by molar-refractivity contribution is -0.113. The van der Waals surface area contributed by atoms with Gasteiger partial charge in [0.15, 0.2) is 5.16 Å². The van der Waals surface area contributed by atoms with Gasteiger partial charge in [0, 0.05) is 23.0 Å². The zero-order valence-electron chi connectivity index (χ0n) is 17.0. The topological polar surface area (TPSA) is 69.0 Å². The minimum Gasteiger partial charge on any atom is -0.493 e. The summed E-state index contributed by atoms with van der Waals surface area (Å²) in [6, 6.07) is 10.9. The molecule has 1 aromatic heterocycles. The zero-order chi connectivity index (χ0) is 22.4. The third kappa shape index (κ3) is 6.87. The van der Waals surface area contributed by atoms with Crippen LogP contribution in [0.25, 0.3) is 0 Å². The number of benzene rings is 2. The molecule has 0 spiro atoms. The third-order valence-corrected chi connectivity index (χ3v) is 6.46. The number of nitrogens with one attached hydrogen (secondary N) is 1. The molecule has 0 aliphatic heterocycles. The molecule has 0 saturated heterocycles. The van der Waals surface area contributed by atoms with E-state index in [1.165, 1.54) is 11.8 Å². The number of anilines is 1. The first-order chi connectivity index (χ1) is 14.8. The van der Waals surface area contributed by atoms with Crippen LogP contribution in [0.4, 0.5) is 5.69 Å². The maximum absolute atomic E-state index is 12.3. The normalized spacial score (nSPS) is 10.9. The van der Waals surface area contributed by atoms with E-state index in [1.54, 1.807) is 12.1 Å². The molecule has 0 radical (unpaired) electrons. The fourth-order valence-electron chi connectivity index (χ4n) is 2.78. The summed E-state index contributed by atoms with van der Waals surface area (Å²) in [6.45, 7) is 2.53. The van der Waals surface area contributed by atoms with Gasteiger partial charge in [0.25, 0.3) is 0 Å². The number of hydrogen-bond donors (Lipinski definition) is 1. The summed E-state index contributed by atoms with van der Waals surface area (Å²) in [4.78, 5) is 12.3. The van der Waals surface area contributed by atoms with E-state index >= 15 is 0 Å². The van der Waals surface area contributed by atoms with Crippen LogP contribution in [0.5, 0.6) is 5.75 Å². The molecule has 0 aliphatic carbocycles. The van der Waals surface area contributed by atoms with Crippen molar-refractivity contribution in [1.82, 2.24) is 14.8 Å². The van der Waals surface area contributed by atoms with Gasteiger partial charge < -0.3 is 14.6 Å². The van der Waals surface area contributed by atoms with Crippen LogP contribution in [0, 0.1) is 6.92 Å². The minimum atomic E-state index is -0.162. The van der Waals surface area contributed by atoms with Gasteiger partial charge in [0.1, 0.15) is 11.6 Å². The van der Waals surface area contributed by atoms with E-state index < -0.39 is 0 Å². The van der Waals surface area contributed by atoms with Crippen LogP contribution in [0.15, 0.2) is 46.0 Å². The van der Waals surface area contributed by atoms with Gasteiger partial charge >= 0.3 is 0 Å². The molecule has 10 heteroatoms. The lowest BCUT2D eigenvalue weighted by Gasteiger charge is -2.09. The fraction of sp³-hybridized carbons (Fsp3) is 0.286. The number of rotatable bonds is 9. The molecule has 0 fully saturated rings. The summed E-state index contributed by atoms with van der Waals surface area (Å²) in [6.07, 6.45) is 1.51. The Morgan fingerprint density at radius 1 is 1.23 bits per heavy atom. The number of hydrogen-bond acceptors (Lipinski definition) is 5. The molecule has 3 aromatic rings. The van der Waals surface area contributed by atoms with Crippen molar-refractivity contribution < 1.29 is 9.53 Å². The van der Waals surface area contributed by atoms with Crippen molar-refractivity contribution in [2.75, 3.05) is 17.7 Å². The van der Waals surface area contributed by atoms with E-state index in [-0.39, 0.29) is 11.7 Å². The molecule has 0 unspecified atom stereocenters. The standard InChI is InChI=1S/C21H21BrCl2N4O2S/c1-13-10-15(23)6-8-18(13)30-9-3-4-19-26-27-21(28(19)2)31-12-20(29)25-17-7-5-14(22)11-16(17)24/h5-8,10-11H,3-4,9,12H2,1-2H3,(H,25,29). The molecular formula is C21H21BrCl2N4O2S. The maximum Gasteiger partial charge on any atom is 0.234 e. The molecule has 3 rings (SSSR count). The Bertz CT molecular complexity index is 1080. The number of thioether (sulfide) groups is 1. The second-order valence-corrected chi connectivity index (χ2v) is 9.48. The van der Waals surface area contributed by atoms with Gasteiger partial charge in [-0.15, -0.1) is 10.2 Å². The molecule has 1 heterocycles. The number of aromatic nitrogens is 3. The number of halogens is 3. The Morgan fingerprint density at radius 2 is 2.03 bits per heavy atom. The largest absolute Gasteiger partial charge is 0.493 e. The molecule has 0 bridgehead atoms. The molecule has 0 saturated carbocycles. The monoisotopic (exact) mass is 542 g/mol. The third-order valence-electron chi connectivity index (χ3n) is 4.40. The summed E-state index contributed by atoms with van der Waals surface area (Å²) >= 11 is 16.8. The van der Waals surface area contributed by atoms with Crippen LogP contribution >= 0.6 is 50.9 Å². The zero-order valence-corrected chi connectivity index (χ0v) is 20.9. The van der Waals surface area contributed by atoms with Gasteiger partial charge in [0.05, 0.1) is 23.1 Å². The van der Waals surface area contributed by atoms with Crippen molar-refractivity contribution in [2.24, 2.45) is 7.05 Å². The predicted molar refractivity (Wildman–Crippen MR) is 130 cm³/mol. The van der Waals surface area contributed by atoms with Crippen LogP contribution in [0.1, 0.15) is 17.8 Å². The van der Waals surface area contributed by atoms with Gasteiger partial charge in [-0.1, -0.05) is 50.9 Å². The van der Waals surface area contributed by atoms with Gasteiger partial charge in [-0.25, -0.2) is 0 Å². The number of ether oxygens (including phenoxy) is 1. The lowest BCUT2D eigenvalue weighted by atomic mass is 10.2. The first-order valence-corrected chi connectivity index (χ1v) is 12.0. The fourth-order valence-corrected chi connectivity index (χ4v) is 4.46. The highest BCUT2D eigenvalue weighted by Gasteiger charge is 2.13. The molecule has 2 aromatic carbocycles. The van der Waals surface area contributed by atoms with Crippen molar-refractivity contribution in [2.45, 2.75) is 24.9 Å². The summed E-state index contributed by atoms with van der Waals surface area (Å²) in [5.74, 6) is 1.72. The highest BCUT2D eigenvalue weighted by atomic mass is 79.9. The molecule has 1 amide bonds. The Kier molecular flexibility index (Phi) is 8.66. The quantitative estimate of drug-likeness (QED) is 0.267. The van der Waals surface area contributed by atoms with Crippen LogP contribution < -0.4 is 10.1 Å². The second-order valence-electron chi connectivity index (χ2n) is 6.78. The lowest BCUT2D eigenvalue weighted by Crippen LogP contribution is -2.14. The summed E-state index contributed by atoms with van der Waals surface area (Å²) in [5, 5.41) is 13.1. The van der Waals surface area contributed by atoms with E-state index in [2.05, 4.69) is 31.4 Å². The number of nitrogens with zero attached hydrogens (tertiary/aromatic N) is 3. The average Bonchev–Trinajstić information content (AvgIpc) is 3.07. The highest BCUT2D eigenvalue weighted by molar-refractivity contribution is 9.10. The molecule has 0 atom stereocenters. The van der Waals surface area contributed by atoms with E-state index in [4.69, 9.17) is 27.9 Å². The van der Waals surface area contributed by atoms with Crippen LogP contribution in [-0.2, 0) is 18.3 Å². The van der Waals surface area contributed by atoms with Crippen molar-refractivity contribution in [1.29, 1.82) is 0 Å². The Hall–Kier alpha value is -1.74. The van der Waals surface area contributed by atoms with Gasteiger partial charge in [-0.05, 0) is 55.3 Å². The van der Waals surface area contributed by atoms with E-state index in [1.807, 2.05) is 42.8 Å². The van der Waals surface area contributed by atoms with Gasteiger partial charge in [0.2, 0.25) is 5.91 Å². The predicted octanol–water partition coefficient (Wildman–Crippen LogP) is 5.94. The number of aryl methyl sites for hydroxylation is 2. The number of carbonyl (C=O) groups excluding carboxylic acids is 1. The van der Waals surface area contributed by atoms with E-state index in [0.29, 0.717) is 27.5 Å². The molecule has 6 nitrogen and oxygen atoms in total. The smallest absolute Gasteiger partial charge is 0.234 e. The first kappa shape index (κ1) is 23.9. The van der Waals surface area contributed by atoms with Crippen molar-refractivity contribution >= 4 is 62.5 Å². The van der Waals surface area contributed by atoms with Crippen LogP contribution in [0.2, 0.25) is 10.0 Å². The molecule has 31 heavy (non-hydrogen) atoms. The second kappa shape index (κ2) is 11.2. The average molecular weight is 544 g/mol. The number of carbonyl (C=O) groups is 1. The summed E-state index contributed by atoms with van der Waals surface area (Å²) in [5.41, 5.74) is 1.58. The van der Waals surface area contributed by atoms with Crippen LogP contribution in [0.3, 0.4) is 0 Å².